The van der Waals surface area contributed by atoms with Crippen molar-refractivity contribution >= 4 is 0 Å². The minimum absolute atomic E-state index is 0.394. The highest BCUT2D eigenvalue weighted by atomic mass is 16.5. The number of nitrogens with one attached hydrogen (secondary N) is 2. The lowest BCUT2D eigenvalue weighted by Gasteiger charge is -2.34. The summed E-state index contributed by atoms with van der Waals surface area (Å²) in [6.45, 7) is 9.20. The first-order valence-electron chi connectivity index (χ1n) is 8.44. The molecule has 1 heterocycles. The Bertz CT molecular complexity index is 446. The molecule has 1 saturated heterocycles. The molecule has 0 spiro atoms. The molecule has 2 rings (SSSR count). The van der Waals surface area contributed by atoms with E-state index >= 15 is 0 Å². The standard InChI is InChI=1S/C19H30N2O/c1-4-16(14-22-3)15(2)13-21-18-11-8-12-20-19(18)17-9-6-5-7-10-17/h5-7,9-10,16,18-21H,2,4,8,11-14H2,1,3H3/t16?,18-,19-/m0/s1. The Labute approximate surface area is 135 Å². The van der Waals surface area contributed by atoms with Gasteiger partial charge < -0.3 is 15.4 Å². The van der Waals surface area contributed by atoms with Crippen molar-refractivity contribution in [2.75, 3.05) is 26.8 Å². The second kappa shape index (κ2) is 9.09. The van der Waals surface area contributed by atoms with Crippen molar-refractivity contribution in [3.63, 3.8) is 0 Å². The van der Waals surface area contributed by atoms with Crippen molar-refractivity contribution in [3.05, 3.63) is 48.0 Å². The molecule has 3 atom stereocenters. The summed E-state index contributed by atoms with van der Waals surface area (Å²) in [6.07, 6.45) is 3.52. The molecule has 3 heteroatoms. The van der Waals surface area contributed by atoms with Crippen LogP contribution in [0.1, 0.15) is 37.8 Å². The van der Waals surface area contributed by atoms with Crippen molar-refractivity contribution in [3.8, 4) is 0 Å². The van der Waals surface area contributed by atoms with Crippen LogP contribution in [0.4, 0.5) is 0 Å². The third kappa shape index (κ3) is 4.67. The molecule has 1 unspecified atom stereocenters. The summed E-state index contributed by atoms with van der Waals surface area (Å²) in [5.74, 6) is 0.448. The molecule has 0 amide bonds. The molecule has 0 radical (unpaired) electrons. The molecule has 0 aliphatic carbocycles. The fraction of sp³-hybridized carbons (Fsp3) is 0.579. The average molecular weight is 302 g/mol. The highest BCUT2D eigenvalue weighted by molar-refractivity contribution is 5.21. The molecular weight excluding hydrogens is 272 g/mol. The molecular formula is C19H30N2O. The smallest absolute Gasteiger partial charge is 0.0527 e. The van der Waals surface area contributed by atoms with Crippen LogP contribution in [0.2, 0.25) is 0 Å². The van der Waals surface area contributed by atoms with Crippen molar-refractivity contribution < 1.29 is 4.74 Å². The fourth-order valence-corrected chi connectivity index (χ4v) is 3.25. The van der Waals surface area contributed by atoms with E-state index in [0.29, 0.717) is 18.0 Å². The SMILES string of the molecule is C=C(CN[C@H]1CCCN[C@H]1c1ccccc1)C(CC)COC. The predicted octanol–water partition coefficient (Wildman–Crippen LogP) is 3.30. The number of methoxy groups -OCH3 is 1. The van der Waals surface area contributed by atoms with Gasteiger partial charge in [0.25, 0.3) is 0 Å². The first-order chi connectivity index (χ1) is 10.8. The van der Waals surface area contributed by atoms with E-state index < -0.39 is 0 Å². The molecule has 3 nitrogen and oxygen atoms in total. The van der Waals surface area contributed by atoms with Crippen LogP contribution < -0.4 is 10.6 Å². The lowest BCUT2D eigenvalue weighted by molar-refractivity contribution is 0.162. The van der Waals surface area contributed by atoms with Crippen LogP contribution in [0.15, 0.2) is 42.5 Å². The molecule has 1 aliphatic heterocycles. The zero-order chi connectivity index (χ0) is 15.8. The highest BCUT2D eigenvalue weighted by Gasteiger charge is 2.26. The van der Waals surface area contributed by atoms with E-state index in [1.165, 1.54) is 24.0 Å². The summed E-state index contributed by atoms with van der Waals surface area (Å²) in [7, 11) is 1.76. The van der Waals surface area contributed by atoms with Gasteiger partial charge in [0.15, 0.2) is 0 Å². The lowest BCUT2D eigenvalue weighted by atomic mass is 9.91. The van der Waals surface area contributed by atoms with Gasteiger partial charge in [-0.1, -0.05) is 49.4 Å². The molecule has 1 fully saturated rings. The average Bonchev–Trinajstić information content (AvgIpc) is 2.58. The van der Waals surface area contributed by atoms with E-state index in [-0.39, 0.29) is 0 Å². The molecule has 0 bridgehead atoms. The number of piperidine rings is 1. The molecule has 0 aromatic heterocycles. The van der Waals surface area contributed by atoms with Crippen LogP contribution in [-0.4, -0.2) is 32.8 Å². The number of rotatable bonds is 8. The first-order valence-corrected chi connectivity index (χ1v) is 8.44. The van der Waals surface area contributed by atoms with E-state index in [1.54, 1.807) is 7.11 Å². The second-order valence-corrected chi connectivity index (χ2v) is 6.19. The van der Waals surface area contributed by atoms with Crippen molar-refractivity contribution in [2.24, 2.45) is 5.92 Å². The lowest BCUT2D eigenvalue weighted by Crippen LogP contribution is -2.46. The Morgan fingerprint density at radius 3 is 2.86 bits per heavy atom. The topological polar surface area (TPSA) is 33.3 Å². The summed E-state index contributed by atoms with van der Waals surface area (Å²) in [6, 6.07) is 11.6. The van der Waals surface area contributed by atoms with Gasteiger partial charge >= 0.3 is 0 Å². The Kier molecular flexibility index (Phi) is 7.10. The van der Waals surface area contributed by atoms with E-state index in [9.17, 15) is 0 Å². The number of ether oxygens (including phenoxy) is 1. The van der Waals surface area contributed by atoms with Gasteiger partial charge in [0.1, 0.15) is 0 Å². The van der Waals surface area contributed by atoms with Crippen LogP contribution in [-0.2, 0) is 4.74 Å². The zero-order valence-corrected chi connectivity index (χ0v) is 14.0. The minimum atomic E-state index is 0.394. The van der Waals surface area contributed by atoms with Gasteiger partial charge in [0.2, 0.25) is 0 Å². The van der Waals surface area contributed by atoms with Gasteiger partial charge in [0.05, 0.1) is 6.61 Å². The number of hydrogen-bond acceptors (Lipinski definition) is 3. The molecule has 1 aliphatic rings. The summed E-state index contributed by atoms with van der Waals surface area (Å²) < 4.78 is 5.30. The second-order valence-electron chi connectivity index (χ2n) is 6.19. The van der Waals surface area contributed by atoms with Crippen molar-refractivity contribution in [1.29, 1.82) is 0 Å². The normalized spacial score (nSPS) is 23.2. The third-order valence-corrected chi connectivity index (χ3v) is 4.65. The Morgan fingerprint density at radius 1 is 1.41 bits per heavy atom. The zero-order valence-electron chi connectivity index (χ0n) is 14.0. The van der Waals surface area contributed by atoms with Crippen LogP contribution in [0.25, 0.3) is 0 Å². The van der Waals surface area contributed by atoms with E-state index in [2.05, 4.69) is 54.5 Å². The van der Waals surface area contributed by atoms with Crippen LogP contribution in [0.3, 0.4) is 0 Å². The molecule has 122 valence electrons. The largest absolute Gasteiger partial charge is 0.384 e. The van der Waals surface area contributed by atoms with E-state index in [0.717, 1.165) is 26.1 Å². The van der Waals surface area contributed by atoms with Crippen LogP contribution in [0, 0.1) is 5.92 Å². The molecule has 22 heavy (non-hydrogen) atoms. The maximum atomic E-state index is 5.30. The third-order valence-electron chi connectivity index (χ3n) is 4.65. The molecule has 2 N–H and O–H groups in total. The number of benzene rings is 1. The summed E-state index contributed by atoms with van der Waals surface area (Å²) >= 11 is 0. The predicted molar refractivity (Wildman–Crippen MR) is 93.0 cm³/mol. The maximum absolute atomic E-state index is 5.30. The Morgan fingerprint density at radius 2 is 2.18 bits per heavy atom. The van der Waals surface area contributed by atoms with Crippen LogP contribution in [0.5, 0.6) is 0 Å². The summed E-state index contributed by atoms with van der Waals surface area (Å²) in [4.78, 5) is 0. The van der Waals surface area contributed by atoms with Crippen LogP contribution >= 0.6 is 0 Å². The molecule has 1 aromatic carbocycles. The molecule has 0 saturated carbocycles. The minimum Gasteiger partial charge on any atom is -0.384 e. The van der Waals surface area contributed by atoms with E-state index in [4.69, 9.17) is 4.74 Å². The van der Waals surface area contributed by atoms with Gasteiger partial charge in [-0.05, 0) is 31.4 Å². The molecule has 1 aromatic rings. The monoisotopic (exact) mass is 302 g/mol. The van der Waals surface area contributed by atoms with Gasteiger partial charge in [-0.3, -0.25) is 0 Å². The van der Waals surface area contributed by atoms with Gasteiger partial charge in [-0.15, -0.1) is 0 Å². The van der Waals surface area contributed by atoms with E-state index in [1.807, 2.05) is 0 Å². The van der Waals surface area contributed by atoms with Gasteiger partial charge in [-0.25, -0.2) is 0 Å². The summed E-state index contributed by atoms with van der Waals surface area (Å²) in [5, 5.41) is 7.39. The fourth-order valence-electron chi connectivity index (χ4n) is 3.25. The van der Waals surface area contributed by atoms with Crippen molar-refractivity contribution in [2.45, 2.75) is 38.3 Å². The quantitative estimate of drug-likeness (QED) is 0.723. The Hall–Kier alpha value is -1.16. The summed E-state index contributed by atoms with van der Waals surface area (Å²) in [5.41, 5.74) is 2.62. The first kappa shape index (κ1) is 17.2. The van der Waals surface area contributed by atoms with Gasteiger partial charge in [-0.2, -0.15) is 0 Å². The maximum Gasteiger partial charge on any atom is 0.0527 e. The van der Waals surface area contributed by atoms with Gasteiger partial charge in [0, 0.05) is 31.7 Å². The van der Waals surface area contributed by atoms with Crippen molar-refractivity contribution in [1.82, 2.24) is 10.6 Å². The number of hydrogen-bond donors (Lipinski definition) is 2. The Balaban J connectivity index is 1.93. The highest BCUT2D eigenvalue weighted by Crippen LogP contribution is 2.24.